The fourth-order valence-corrected chi connectivity index (χ4v) is 0.763. The zero-order chi connectivity index (χ0) is 10.4. The first-order valence-corrected chi connectivity index (χ1v) is 4.61. The van der Waals surface area contributed by atoms with Crippen LogP contribution in [-0.2, 0) is 9.53 Å². The van der Waals surface area contributed by atoms with Gasteiger partial charge >= 0.3 is 0 Å². The predicted molar refractivity (Wildman–Crippen MR) is 52.3 cm³/mol. The van der Waals surface area contributed by atoms with Crippen LogP contribution in [0.4, 0.5) is 0 Å². The average molecular weight is 188 g/mol. The fraction of sp³-hybridized carbons (Fsp3) is 0.889. The molecule has 13 heavy (non-hydrogen) atoms. The third-order valence-corrected chi connectivity index (χ3v) is 1.38. The van der Waals surface area contributed by atoms with E-state index in [0.29, 0.717) is 0 Å². The van der Waals surface area contributed by atoms with Gasteiger partial charge in [-0.3, -0.25) is 4.79 Å². The molecule has 3 N–H and O–H groups in total. The molecule has 78 valence electrons. The van der Waals surface area contributed by atoms with Crippen LogP contribution in [0.3, 0.4) is 0 Å². The normalized spacial score (nSPS) is 13.5. The first-order chi connectivity index (χ1) is 5.93. The second kappa shape index (κ2) is 5.94. The number of carbonyl (C=O) groups excluding carboxylic acids is 1. The Kier molecular flexibility index (Phi) is 5.66. The van der Waals surface area contributed by atoms with Gasteiger partial charge in [0.15, 0.2) is 0 Å². The quantitative estimate of drug-likeness (QED) is 0.650. The molecule has 0 bridgehead atoms. The van der Waals surface area contributed by atoms with E-state index in [1.54, 1.807) is 0 Å². The van der Waals surface area contributed by atoms with Crippen molar-refractivity contribution in [3.63, 3.8) is 0 Å². The molecule has 1 unspecified atom stereocenters. The van der Waals surface area contributed by atoms with Gasteiger partial charge in [0.2, 0.25) is 5.91 Å². The lowest BCUT2D eigenvalue weighted by atomic mass is 10.3. The maximum Gasteiger partial charge on any atom is 0.239 e. The van der Waals surface area contributed by atoms with Gasteiger partial charge < -0.3 is 15.8 Å². The zero-order valence-electron chi connectivity index (χ0n) is 8.83. The van der Waals surface area contributed by atoms with E-state index in [1.165, 1.54) is 0 Å². The van der Waals surface area contributed by atoms with Crippen LogP contribution in [0, 0.1) is 0 Å². The zero-order valence-corrected chi connectivity index (χ0v) is 8.83. The van der Waals surface area contributed by atoms with Gasteiger partial charge in [-0.25, -0.2) is 0 Å². The molecule has 4 nitrogen and oxygen atoms in total. The molecular weight excluding hydrogens is 168 g/mol. The Bertz CT molecular complexity index is 158. The second-order valence-corrected chi connectivity index (χ2v) is 3.65. The van der Waals surface area contributed by atoms with Crippen LogP contribution in [0.5, 0.6) is 0 Å². The summed E-state index contributed by atoms with van der Waals surface area (Å²) in [5.41, 5.74) is 5.58. The largest absolute Gasteiger partial charge is 0.377 e. The topological polar surface area (TPSA) is 64.4 Å². The van der Waals surface area contributed by atoms with Gasteiger partial charge in [-0.2, -0.15) is 0 Å². The Morgan fingerprint density at radius 1 is 1.38 bits per heavy atom. The van der Waals surface area contributed by atoms with Crippen molar-refractivity contribution >= 4 is 5.91 Å². The lowest BCUT2D eigenvalue weighted by molar-refractivity contribution is -0.124. The van der Waals surface area contributed by atoms with Gasteiger partial charge in [0, 0.05) is 6.04 Å². The highest BCUT2D eigenvalue weighted by Crippen LogP contribution is 1.90. The van der Waals surface area contributed by atoms with Crippen molar-refractivity contribution in [3.8, 4) is 0 Å². The van der Waals surface area contributed by atoms with Crippen molar-refractivity contribution in [2.24, 2.45) is 5.73 Å². The molecule has 0 saturated carbocycles. The number of rotatable bonds is 5. The average Bonchev–Trinajstić information content (AvgIpc) is 1.98. The summed E-state index contributed by atoms with van der Waals surface area (Å²) in [6, 6.07) is -0.442. The molecule has 0 aromatic rings. The number of nitrogens with one attached hydrogen (secondary N) is 1. The summed E-state index contributed by atoms with van der Waals surface area (Å²) in [6.07, 6.45) is 0.109. The summed E-state index contributed by atoms with van der Waals surface area (Å²) < 4.78 is 5.22. The molecule has 0 rings (SSSR count). The Morgan fingerprint density at radius 3 is 2.31 bits per heavy atom. The van der Waals surface area contributed by atoms with Crippen LogP contribution in [0.1, 0.15) is 27.7 Å². The molecule has 0 aromatic carbocycles. The minimum Gasteiger partial charge on any atom is -0.377 e. The van der Waals surface area contributed by atoms with Gasteiger partial charge in [-0.15, -0.1) is 0 Å². The van der Waals surface area contributed by atoms with Crippen LogP contribution in [0.2, 0.25) is 0 Å². The molecule has 1 amide bonds. The molecule has 0 aliphatic carbocycles. The lowest BCUT2D eigenvalue weighted by Gasteiger charge is -2.15. The molecule has 0 aromatic heterocycles. The number of nitrogens with two attached hydrogens (primary N) is 1. The highest BCUT2D eigenvalue weighted by atomic mass is 16.5. The molecule has 0 saturated heterocycles. The van der Waals surface area contributed by atoms with Crippen molar-refractivity contribution in [2.75, 3.05) is 6.61 Å². The third kappa shape index (κ3) is 6.54. The molecule has 4 heteroatoms. The van der Waals surface area contributed by atoms with E-state index in [2.05, 4.69) is 5.32 Å². The Labute approximate surface area is 79.8 Å². The third-order valence-electron chi connectivity index (χ3n) is 1.38. The first-order valence-electron chi connectivity index (χ1n) is 4.61. The van der Waals surface area contributed by atoms with Crippen molar-refractivity contribution < 1.29 is 9.53 Å². The van der Waals surface area contributed by atoms with E-state index < -0.39 is 6.04 Å². The van der Waals surface area contributed by atoms with E-state index >= 15 is 0 Å². The van der Waals surface area contributed by atoms with Crippen molar-refractivity contribution in [1.82, 2.24) is 5.32 Å². The summed E-state index contributed by atoms with van der Waals surface area (Å²) in [7, 11) is 0. The van der Waals surface area contributed by atoms with Crippen LogP contribution in [0.25, 0.3) is 0 Å². The van der Waals surface area contributed by atoms with E-state index in [-0.39, 0.29) is 24.7 Å². The fourth-order valence-electron chi connectivity index (χ4n) is 0.763. The predicted octanol–water partition coefficient (Wildman–Crippen LogP) is 0.263. The number of ether oxygens (including phenoxy) is 1. The molecule has 0 radical (unpaired) electrons. The minimum atomic E-state index is -0.565. The maximum atomic E-state index is 11.2. The van der Waals surface area contributed by atoms with Crippen LogP contribution >= 0.6 is 0 Å². The summed E-state index contributed by atoms with van der Waals surface area (Å²) in [5.74, 6) is -0.157. The molecule has 0 aliphatic heterocycles. The van der Waals surface area contributed by atoms with E-state index in [1.807, 2.05) is 27.7 Å². The summed E-state index contributed by atoms with van der Waals surface area (Å²) >= 11 is 0. The summed E-state index contributed by atoms with van der Waals surface area (Å²) in [5, 5.41) is 2.72. The van der Waals surface area contributed by atoms with Gasteiger partial charge in [-0.05, 0) is 27.7 Å². The Balaban J connectivity index is 3.69. The minimum absolute atomic E-state index is 0.109. The molecule has 0 fully saturated rings. The monoisotopic (exact) mass is 188 g/mol. The maximum absolute atomic E-state index is 11.2. The second-order valence-electron chi connectivity index (χ2n) is 3.65. The van der Waals surface area contributed by atoms with Crippen molar-refractivity contribution in [2.45, 2.75) is 45.9 Å². The smallest absolute Gasteiger partial charge is 0.239 e. The van der Waals surface area contributed by atoms with Crippen molar-refractivity contribution in [3.05, 3.63) is 0 Å². The van der Waals surface area contributed by atoms with Crippen LogP contribution in [-0.4, -0.2) is 30.7 Å². The number of hydrogen-bond acceptors (Lipinski definition) is 3. The molecule has 1 atom stereocenters. The Morgan fingerprint density at radius 2 is 1.92 bits per heavy atom. The lowest BCUT2D eigenvalue weighted by Crippen LogP contribution is -2.46. The number of amides is 1. The molecule has 0 heterocycles. The Hall–Kier alpha value is -0.610. The summed E-state index contributed by atoms with van der Waals surface area (Å²) in [6.45, 7) is 7.89. The SMILES string of the molecule is CC(C)NC(=O)C(N)COC(C)C. The van der Waals surface area contributed by atoms with E-state index in [4.69, 9.17) is 10.5 Å². The van der Waals surface area contributed by atoms with Gasteiger partial charge in [0.25, 0.3) is 0 Å². The van der Waals surface area contributed by atoms with Gasteiger partial charge in [0.05, 0.1) is 12.7 Å². The standard InChI is InChI=1S/C9H20N2O2/c1-6(2)11-9(12)8(10)5-13-7(3)4/h6-8H,5,10H2,1-4H3,(H,11,12). The molecular formula is C9H20N2O2. The highest BCUT2D eigenvalue weighted by Gasteiger charge is 2.14. The van der Waals surface area contributed by atoms with Crippen LogP contribution < -0.4 is 11.1 Å². The molecule has 0 spiro atoms. The van der Waals surface area contributed by atoms with E-state index in [9.17, 15) is 4.79 Å². The first kappa shape index (κ1) is 12.4. The number of carbonyl (C=O) groups is 1. The summed E-state index contributed by atoms with van der Waals surface area (Å²) in [4.78, 5) is 11.2. The van der Waals surface area contributed by atoms with Crippen molar-refractivity contribution in [1.29, 1.82) is 0 Å². The number of hydrogen-bond donors (Lipinski definition) is 2. The van der Waals surface area contributed by atoms with E-state index in [0.717, 1.165) is 0 Å². The van der Waals surface area contributed by atoms with Gasteiger partial charge in [-0.1, -0.05) is 0 Å². The van der Waals surface area contributed by atoms with Gasteiger partial charge in [0.1, 0.15) is 6.04 Å². The van der Waals surface area contributed by atoms with Crippen LogP contribution in [0.15, 0.2) is 0 Å². The molecule has 0 aliphatic rings. The highest BCUT2D eigenvalue weighted by molar-refractivity contribution is 5.81.